The summed E-state index contributed by atoms with van der Waals surface area (Å²) in [6, 6.07) is 11.3. The molecule has 3 aliphatic heterocycles. The van der Waals surface area contributed by atoms with Crippen LogP contribution in [-0.2, 0) is 26.7 Å². The van der Waals surface area contributed by atoms with Crippen molar-refractivity contribution < 1.29 is 22.7 Å². The zero-order valence-corrected chi connectivity index (χ0v) is 32.7. The summed E-state index contributed by atoms with van der Waals surface area (Å²) in [5, 5.41) is 3.20. The molecule has 268 valence electrons. The Morgan fingerprint density at radius 3 is 2.45 bits per heavy atom. The van der Waals surface area contributed by atoms with Gasteiger partial charge in [-0.1, -0.05) is 59.7 Å². The van der Waals surface area contributed by atoms with Crippen molar-refractivity contribution in [3.8, 4) is 5.75 Å². The number of amides is 1. The van der Waals surface area contributed by atoms with Gasteiger partial charge in [0.1, 0.15) is 5.75 Å². The van der Waals surface area contributed by atoms with E-state index in [0.717, 1.165) is 42.8 Å². The number of nitrogens with one attached hydrogen (secondary N) is 2. The van der Waals surface area contributed by atoms with E-state index in [-0.39, 0.29) is 34.5 Å². The van der Waals surface area contributed by atoms with Crippen molar-refractivity contribution in [2.45, 2.75) is 82.3 Å². The second-order valence-electron chi connectivity index (χ2n) is 14.2. The first kappa shape index (κ1) is 38.1. The number of carbonyl (C=O) groups excluding carboxylic acids is 2. The molecule has 5 aliphatic rings. The molecule has 1 amide bonds. The lowest BCUT2D eigenvalue weighted by molar-refractivity contribution is -0.122. The van der Waals surface area contributed by atoms with Crippen molar-refractivity contribution in [1.29, 1.82) is 0 Å². The Morgan fingerprint density at radius 2 is 1.78 bits per heavy atom. The van der Waals surface area contributed by atoms with Gasteiger partial charge >= 0.3 is 0 Å². The van der Waals surface area contributed by atoms with E-state index in [0.29, 0.717) is 31.9 Å². The number of nitrogens with zero attached hydrogens (tertiary/aromatic N) is 1. The normalized spacial score (nSPS) is 29.9. The maximum atomic E-state index is 13.3. The molecule has 2 aromatic rings. The molecule has 2 fully saturated rings. The van der Waals surface area contributed by atoms with E-state index >= 15 is 0 Å². The van der Waals surface area contributed by atoms with E-state index in [1.807, 2.05) is 17.9 Å². The third-order valence-electron chi connectivity index (χ3n) is 11.1. The highest BCUT2D eigenvalue weighted by atomic mass is 127. The molecule has 2 aromatic carbocycles. The summed E-state index contributed by atoms with van der Waals surface area (Å²) in [4.78, 5) is 30.8. The number of fused-ring (bicyclic) bond motifs is 4. The van der Waals surface area contributed by atoms with Gasteiger partial charge in [-0.2, -0.15) is 0 Å². The third-order valence-corrected chi connectivity index (χ3v) is 13.2. The van der Waals surface area contributed by atoms with Crippen LogP contribution < -0.4 is 19.7 Å². The molecular formula is C38H51ClIN3O5S. The van der Waals surface area contributed by atoms with Crippen molar-refractivity contribution in [3.63, 3.8) is 0 Å². The Hall–Kier alpha value is -2.15. The van der Waals surface area contributed by atoms with Gasteiger partial charge in [0.2, 0.25) is 10.0 Å². The number of piperidine rings is 1. The second-order valence-corrected chi connectivity index (χ2v) is 16.7. The molecule has 0 aromatic heterocycles. The predicted molar refractivity (Wildman–Crippen MR) is 207 cm³/mol. The minimum absolute atomic E-state index is 0.0666. The lowest BCUT2D eigenvalue weighted by Crippen LogP contribution is -2.49. The van der Waals surface area contributed by atoms with Crippen LogP contribution in [0.15, 0.2) is 48.6 Å². The molecule has 11 heteroatoms. The molecule has 3 heterocycles. The Balaban J connectivity index is 0.000000522. The molecule has 5 atom stereocenters. The topological polar surface area (TPSA) is 105 Å². The molecule has 1 spiro atoms. The summed E-state index contributed by atoms with van der Waals surface area (Å²) in [6.07, 6.45) is 12.8. The second kappa shape index (κ2) is 16.9. The van der Waals surface area contributed by atoms with E-state index in [4.69, 9.17) is 16.3 Å². The van der Waals surface area contributed by atoms with Crippen LogP contribution in [0.2, 0.25) is 5.02 Å². The zero-order chi connectivity index (χ0) is 35.2. The average Bonchev–Trinajstić information content (AvgIpc) is 3.24. The van der Waals surface area contributed by atoms with Crippen LogP contribution in [0.3, 0.4) is 0 Å². The van der Waals surface area contributed by atoms with Crippen molar-refractivity contribution in [3.05, 3.63) is 70.3 Å². The molecule has 0 radical (unpaired) electrons. The van der Waals surface area contributed by atoms with Gasteiger partial charge in [-0.3, -0.25) is 9.59 Å². The highest BCUT2D eigenvalue weighted by molar-refractivity contribution is 14.1. The highest BCUT2D eigenvalue weighted by Gasteiger charge is 2.44. The number of carbonyl (C=O) groups is 2. The SMILES string of the molecule is C1CCNCC1.CI.C[C@@H]1[C@@H](C)C/C=C/C(=O)[C@@H]2CC[C@H]2CN2C[C@@]3(CCCc4cc(Cl)ccc43)COc3ccc(cc32)C(=O)NS1(=O)=O. The number of anilines is 1. The van der Waals surface area contributed by atoms with Crippen LogP contribution in [0, 0.1) is 17.8 Å². The smallest absolute Gasteiger partial charge is 0.264 e. The minimum Gasteiger partial charge on any atom is -0.490 e. The molecule has 1 saturated carbocycles. The molecular weight excluding hydrogens is 773 g/mol. The van der Waals surface area contributed by atoms with Crippen molar-refractivity contribution in [1.82, 2.24) is 10.0 Å². The fourth-order valence-corrected chi connectivity index (χ4v) is 9.28. The fourth-order valence-electron chi connectivity index (χ4n) is 7.80. The lowest BCUT2D eigenvalue weighted by atomic mass is 9.68. The van der Waals surface area contributed by atoms with Crippen LogP contribution >= 0.6 is 34.2 Å². The summed E-state index contributed by atoms with van der Waals surface area (Å²) < 4.78 is 35.0. The molecule has 7 rings (SSSR count). The van der Waals surface area contributed by atoms with Gasteiger partial charge < -0.3 is 15.0 Å². The number of benzene rings is 2. The van der Waals surface area contributed by atoms with Gasteiger partial charge in [-0.15, -0.1) is 0 Å². The lowest BCUT2D eigenvalue weighted by Gasteiger charge is -2.44. The van der Waals surface area contributed by atoms with Crippen molar-refractivity contribution in [2.75, 3.05) is 42.6 Å². The van der Waals surface area contributed by atoms with Crippen molar-refractivity contribution >= 4 is 61.6 Å². The number of aryl methyl sites for hydroxylation is 1. The van der Waals surface area contributed by atoms with Crippen LogP contribution in [0.25, 0.3) is 0 Å². The number of hydrogen-bond donors (Lipinski definition) is 2. The van der Waals surface area contributed by atoms with Crippen LogP contribution in [0.4, 0.5) is 5.69 Å². The van der Waals surface area contributed by atoms with Crippen LogP contribution in [0.5, 0.6) is 5.75 Å². The highest BCUT2D eigenvalue weighted by Crippen LogP contribution is 2.46. The van der Waals surface area contributed by atoms with Gasteiger partial charge in [0.15, 0.2) is 5.78 Å². The number of hydrogen-bond acceptors (Lipinski definition) is 7. The third kappa shape index (κ3) is 8.84. The summed E-state index contributed by atoms with van der Waals surface area (Å²) in [7, 11) is -3.93. The molecule has 49 heavy (non-hydrogen) atoms. The van der Waals surface area contributed by atoms with Crippen LogP contribution in [0.1, 0.15) is 86.7 Å². The number of sulfonamides is 1. The number of allylic oxidation sites excluding steroid dienone is 2. The molecule has 0 unspecified atom stereocenters. The maximum absolute atomic E-state index is 13.3. The van der Waals surface area contributed by atoms with Crippen molar-refractivity contribution in [2.24, 2.45) is 17.8 Å². The predicted octanol–water partition coefficient (Wildman–Crippen LogP) is 7.26. The largest absolute Gasteiger partial charge is 0.490 e. The zero-order valence-electron chi connectivity index (χ0n) is 29.0. The molecule has 2 aliphatic carbocycles. The first-order valence-corrected chi connectivity index (χ1v) is 21.8. The van der Waals surface area contributed by atoms with Gasteiger partial charge in [0.05, 0.1) is 17.5 Å². The summed E-state index contributed by atoms with van der Waals surface area (Å²) in [5.74, 6) is -0.0319. The summed E-state index contributed by atoms with van der Waals surface area (Å²) >= 11 is 8.52. The Morgan fingerprint density at radius 1 is 1.00 bits per heavy atom. The number of ether oxygens (including phenoxy) is 1. The van der Waals surface area contributed by atoms with Gasteiger partial charge in [-0.05, 0) is 136 Å². The first-order valence-electron chi connectivity index (χ1n) is 17.7. The summed E-state index contributed by atoms with van der Waals surface area (Å²) in [6.45, 7) is 7.73. The quantitative estimate of drug-likeness (QED) is 0.213. The number of halogens is 2. The van der Waals surface area contributed by atoms with E-state index in [2.05, 4.69) is 49.7 Å². The minimum atomic E-state index is -3.93. The Bertz CT molecular complexity index is 1620. The number of ketones is 1. The first-order chi connectivity index (χ1) is 23.6. The molecule has 2 N–H and O–H groups in total. The van der Waals surface area contributed by atoms with Gasteiger partial charge in [-0.25, -0.2) is 13.1 Å². The summed E-state index contributed by atoms with van der Waals surface area (Å²) in [5.41, 5.74) is 3.22. The standard InChI is InChI=1S/C32H37ClN2O5S.C5H11N.CH3I/c1-20-5-3-7-29(36)26-11-8-24(26)17-35-18-32(14-4-6-22-15-25(33)10-12-27(22)32)19-40-30-13-9-23(16-28(30)35)31(37)34-41(38,39)21(20)2;1-2-4-6-5-3-1;1-2/h3,7,9-10,12-13,15-16,20-21,24,26H,4-6,8,11,14,17-19H2,1-2H3,(H,34,37);6H,1-5H2;1H3/b7-3+;;/t20-,21+,24-,26+,32-;;/m0../s1. The van der Waals surface area contributed by atoms with E-state index < -0.39 is 21.2 Å². The average molecular weight is 824 g/mol. The Kier molecular flexibility index (Phi) is 13.1. The van der Waals surface area contributed by atoms with E-state index in [1.54, 1.807) is 37.3 Å². The fraction of sp³-hybridized carbons (Fsp3) is 0.579. The molecule has 1 saturated heterocycles. The maximum Gasteiger partial charge on any atom is 0.264 e. The molecule has 2 bridgehead atoms. The van der Waals surface area contributed by atoms with Gasteiger partial charge in [0, 0.05) is 35.0 Å². The number of rotatable bonds is 0. The molecule has 8 nitrogen and oxygen atoms in total. The monoisotopic (exact) mass is 823 g/mol. The van der Waals surface area contributed by atoms with Crippen LogP contribution in [-0.4, -0.2) is 63.1 Å². The van der Waals surface area contributed by atoms with E-state index in [1.165, 1.54) is 43.5 Å². The number of alkyl halides is 1. The van der Waals surface area contributed by atoms with Gasteiger partial charge in [0.25, 0.3) is 5.91 Å². The van der Waals surface area contributed by atoms with E-state index in [9.17, 15) is 18.0 Å². The Labute approximate surface area is 311 Å².